The van der Waals surface area contributed by atoms with Gasteiger partial charge >= 0.3 is 0 Å². The maximum atomic E-state index is 13.5. The van der Waals surface area contributed by atoms with Gasteiger partial charge < -0.3 is 30.2 Å². The van der Waals surface area contributed by atoms with Crippen LogP contribution < -0.4 is 16.0 Å². The lowest BCUT2D eigenvalue weighted by atomic mass is 9.81. The van der Waals surface area contributed by atoms with Crippen LogP contribution in [-0.4, -0.2) is 71.5 Å². The molecule has 0 fully saturated rings. The predicted octanol–water partition coefficient (Wildman–Crippen LogP) is 2.76. The molecule has 0 bridgehead atoms. The van der Waals surface area contributed by atoms with Crippen molar-refractivity contribution in [1.82, 2.24) is 34.6 Å². The van der Waals surface area contributed by atoms with Gasteiger partial charge in [-0.15, -0.1) is 11.6 Å². The molecule has 1 aromatic carbocycles. The summed E-state index contributed by atoms with van der Waals surface area (Å²) in [6, 6.07) is 7.60. The van der Waals surface area contributed by atoms with E-state index < -0.39 is 11.0 Å². The van der Waals surface area contributed by atoms with Crippen molar-refractivity contribution in [3.8, 4) is 0 Å². The van der Waals surface area contributed by atoms with Crippen LogP contribution in [0.25, 0.3) is 0 Å². The molecule has 0 saturated carbocycles. The zero-order valence-corrected chi connectivity index (χ0v) is 26.3. The van der Waals surface area contributed by atoms with Crippen molar-refractivity contribution in [2.75, 3.05) is 25.0 Å². The average Bonchev–Trinajstić information content (AvgIpc) is 3.50. The third-order valence-corrected chi connectivity index (χ3v) is 9.26. The van der Waals surface area contributed by atoms with Gasteiger partial charge in [-0.05, 0) is 37.6 Å². The van der Waals surface area contributed by atoms with Crippen LogP contribution >= 0.6 is 11.6 Å². The SMILES string of the molecule is CC(O)CN1CCc2c(nc(C(=O)NC3=CC=CC(c4cccc(NC(=O)c5nc6c(n5C)CCNC6)c4)C3(C)Cl)n2C)C1. The van der Waals surface area contributed by atoms with Crippen LogP contribution in [0.3, 0.4) is 0 Å². The number of aliphatic hydroxyl groups excluding tert-OH is 1. The lowest BCUT2D eigenvalue weighted by Crippen LogP contribution is -2.40. The summed E-state index contributed by atoms with van der Waals surface area (Å²) in [5.41, 5.74) is 5.97. The van der Waals surface area contributed by atoms with Gasteiger partial charge in [-0.25, -0.2) is 9.97 Å². The summed E-state index contributed by atoms with van der Waals surface area (Å²) in [6.45, 7) is 7.14. The molecule has 3 aliphatic rings. The Morgan fingerprint density at radius 1 is 1.11 bits per heavy atom. The molecule has 1 aliphatic carbocycles. The largest absolute Gasteiger partial charge is 0.392 e. The van der Waals surface area contributed by atoms with Gasteiger partial charge in [0, 0.05) is 88.4 Å². The number of imidazole rings is 2. The van der Waals surface area contributed by atoms with Gasteiger partial charge in [0.2, 0.25) is 0 Å². The number of aromatic nitrogens is 4. The van der Waals surface area contributed by atoms with E-state index in [-0.39, 0.29) is 17.7 Å². The molecule has 2 amide bonds. The lowest BCUT2D eigenvalue weighted by Gasteiger charge is -2.35. The fraction of sp³-hybridized carbons (Fsp3) is 0.438. The van der Waals surface area contributed by atoms with E-state index in [0.29, 0.717) is 42.7 Å². The summed E-state index contributed by atoms with van der Waals surface area (Å²) in [5, 5.41) is 19.1. The number of rotatable bonds is 7. The highest BCUT2D eigenvalue weighted by Crippen LogP contribution is 2.42. The Balaban J connectivity index is 1.17. The summed E-state index contributed by atoms with van der Waals surface area (Å²) in [4.78, 5) is 37.2. The Labute approximate surface area is 262 Å². The van der Waals surface area contributed by atoms with Crippen molar-refractivity contribution in [1.29, 1.82) is 0 Å². The van der Waals surface area contributed by atoms with Crippen LogP contribution in [0.2, 0.25) is 0 Å². The topological polar surface area (TPSA) is 129 Å². The molecule has 3 atom stereocenters. The summed E-state index contributed by atoms with van der Waals surface area (Å²) >= 11 is 7.21. The van der Waals surface area contributed by atoms with Crippen LogP contribution in [0.15, 0.2) is 48.2 Å². The third-order valence-electron chi connectivity index (χ3n) is 8.82. The highest BCUT2D eigenvalue weighted by Gasteiger charge is 2.39. The molecule has 0 spiro atoms. The number of halogens is 1. The van der Waals surface area contributed by atoms with Crippen molar-refractivity contribution < 1.29 is 14.7 Å². The number of alkyl halides is 1. The van der Waals surface area contributed by atoms with Crippen molar-refractivity contribution in [3.63, 3.8) is 0 Å². The first kappa shape index (κ1) is 30.3. The number of fused-ring (bicyclic) bond motifs is 2. The molecule has 6 rings (SSSR count). The number of benzene rings is 1. The molecule has 12 heteroatoms. The number of hydrogen-bond donors (Lipinski definition) is 4. The number of nitrogens with zero attached hydrogens (tertiary/aromatic N) is 5. The monoisotopic (exact) mass is 618 g/mol. The van der Waals surface area contributed by atoms with Gasteiger partial charge in [0.25, 0.3) is 11.8 Å². The van der Waals surface area contributed by atoms with Crippen LogP contribution in [-0.2, 0) is 40.0 Å². The van der Waals surface area contributed by atoms with Crippen LogP contribution in [0, 0.1) is 0 Å². The Hall–Kier alpha value is -3.77. The fourth-order valence-corrected chi connectivity index (χ4v) is 6.82. The van der Waals surface area contributed by atoms with Crippen molar-refractivity contribution in [2.45, 2.75) is 56.7 Å². The first-order valence-electron chi connectivity index (χ1n) is 15.0. The van der Waals surface area contributed by atoms with Gasteiger partial charge in [-0.2, -0.15) is 0 Å². The molecular weight excluding hydrogens is 580 g/mol. The number of aliphatic hydroxyl groups is 1. The van der Waals surface area contributed by atoms with E-state index in [1.165, 1.54) is 0 Å². The Morgan fingerprint density at radius 2 is 1.82 bits per heavy atom. The van der Waals surface area contributed by atoms with E-state index in [4.69, 9.17) is 11.6 Å². The number of hydrogen-bond acceptors (Lipinski definition) is 7. The third kappa shape index (κ3) is 5.72. The number of β-amino-alcohol motifs (C(OH)–C–C–N with tert-alkyl or cyclic N) is 1. The Kier molecular flexibility index (Phi) is 8.23. The molecule has 232 valence electrons. The highest BCUT2D eigenvalue weighted by atomic mass is 35.5. The smallest absolute Gasteiger partial charge is 0.291 e. The van der Waals surface area contributed by atoms with E-state index in [1.807, 2.05) is 72.6 Å². The summed E-state index contributed by atoms with van der Waals surface area (Å²) < 4.78 is 3.73. The minimum absolute atomic E-state index is 0.272. The number of nitrogens with one attached hydrogen (secondary N) is 3. The Morgan fingerprint density at radius 3 is 2.55 bits per heavy atom. The maximum Gasteiger partial charge on any atom is 0.291 e. The molecule has 2 aliphatic heterocycles. The summed E-state index contributed by atoms with van der Waals surface area (Å²) in [5.74, 6) is -0.179. The van der Waals surface area contributed by atoms with Crippen LogP contribution in [0.4, 0.5) is 5.69 Å². The number of carbonyl (C=O) groups is 2. The van der Waals surface area contributed by atoms with E-state index in [1.54, 1.807) is 6.92 Å². The molecular formula is C32H39ClN8O3. The van der Waals surface area contributed by atoms with E-state index in [0.717, 1.165) is 54.3 Å². The molecule has 11 nitrogen and oxygen atoms in total. The highest BCUT2D eigenvalue weighted by molar-refractivity contribution is 6.27. The second-order valence-electron chi connectivity index (χ2n) is 12.1. The first-order valence-corrected chi connectivity index (χ1v) is 15.4. The number of allylic oxidation sites excluding steroid dienone is 4. The maximum absolute atomic E-state index is 13.5. The van der Waals surface area contributed by atoms with Crippen molar-refractivity contribution in [2.24, 2.45) is 14.1 Å². The minimum Gasteiger partial charge on any atom is -0.392 e. The van der Waals surface area contributed by atoms with Crippen molar-refractivity contribution >= 4 is 29.1 Å². The number of anilines is 1. The fourth-order valence-electron chi connectivity index (χ4n) is 6.51. The van der Waals surface area contributed by atoms with Crippen LogP contribution in [0.1, 0.15) is 69.3 Å². The molecule has 4 N–H and O–H groups in total. The quantitative estimate of drug-likeness (QED) is 0.300. The van der Waals surface area contributed by atoms with Gasteiger partial charge in [0.1, 0.15) is 0 Å². The average molecular weight is 619 g/mol. The second-order valence-corrected chi connectivity index (χ2v) is 12.9. The van der Waals surface area contributed by atoms with Gasteiger partial charge in [0.15, 0.2) is 11.6 Å². The Bertz CT molecular complexity index is 1670. The summed E-state index contributed by atoms with van der Waals surface area (Å²) in [7, 11) is 3.74. The molecule has 0 saturated heterocycles. The van der Waals surface area contributed by atoms with E-state index in [2.05, 4.69) is 30.8 Å². The second kappa shape index (κ2) is 12.0. The first-order chi connectivity index (χ1) is 21.0. The molecule has 3 unspecified atom stereocenters. The van der Waals surface area contributed by atoms with E-state index >= 15 is 0 Å². The molecule has 44 heavy (non-hydrogen) atoms. The molecule has 4 heterocycles. The van der Waals surface area contributed by atoms with Gasteiger partial charge in [-0.3, -0.25) is 14.5 Å². The molecule has 2 aromatic heterocycles. The molecule has 0 radical (unpaired) electrons. The van der Waals surface area contributed by atoms with Crippen LogP contribution in [0.5, 0.6) is 0 Å². The predicted molar refractivity (Wildman–Crippen MR) is 169 cm³/mol. The molecule has 3 aromatic rings. The number of carbonyl (C=O) groups excluding carboxylic acids is 2. The normalized spacial score (nSPS) is 22.1. The standard InChI is InChI=1S/C32H39ClN8O3/c1-19(42)17-41-14-12-26-24(18-41)37-29(40(26)4)31(44)38-27-10-6-9-22(32(27,2)33)20-7-5-8-21(15-20)35-30(43)28-36-23-16-34-13-11-25(23)39(28)3/h5-10,15,19,22,34,42H,11-14,16-18H2,1-4H3,(H,35,43)(H,38,44). The zero-order valence-electron chi connectivity index (χ0n) is 25.5. The van der Waals surface area contributed by atoms with Gasteiger partial charge in [0.05, 0.1) is 22.4 Å². The lowest BCUT2D eigenvalue weighted by molar-refractivity contribution is 0.0947. The zero-order chi connectivity index (χ0) is 31.2. The van der Waals surface area contributed by atoms with E-state index in [9.17, 15) is 14.7 Å². The number of amides is 2. The van der Waals surface area contributed by atoms with Crippen molar-refractivity contribution in [3.05, 3.63) is 88.2 Å². The summed E-state index contributed by atoms with van der Waals surface area (Å²) in [6.07, 6.45) is 6.87. The van der Waals surface area contributed by atoms with Gasteiger partial charge in [-0.1, -0.05) is 24.3 Å². The minimum atomic E-state index is -0.975.